The van der Waals surface area contributed by atoms with Crippen molar-refractivity contribution in [3.8, 4) is 5.00 Å². The lowest BCUT2D eigenvalue weighted by molar-refractivity contribution is -0.145. The molecular formula is C34H30Cl2N6O3S. The molecule has 3 heterocycles. The predicted octanol–water partition coefficient (Wildman–Crippen LogP) is 7.94. The van der Waals surface area contributed by atoms with Crippen LogP contribution in [0.5, 0.6) is 0 Å². The van der Waals surface area contributed by atoms with Crippen LogP contribution in [0.1, 0.15) is 59.0 Å². The van der Waals surface area contributed by atoms with Gasteiger partial charge in [-0.2, -0.15) is 0 Å². The molecule has 0 saturated carbocycles. The molecule has 6 rings (SSSR count). The van der Waals surface area contributed by atoms with Gasteiger partial charge in [-0.05, 0) is 42.7 Å². The van der Waals surface area contributed by atoms with Gasteiger partial charge in [0, 0.05) is 27.4 Å². The van der Waals surface area contributed by atoms with Gasteiger partial charge in [-0.3, -0.25) is 14.4 Å². The van der Waals surface area contributed by atoms with Crippen LogP contribution >= 0.6 is 34.5 Å². The van der Waals surface area contributed by atoms with Crippen molar-refractivity contribution in [2.75, 3.05) is 5.32 Å². The number of rotatable bonds is 10. The van der Waals surface area contributed by atoms with E-state index in [2.05, 4.69) is 33.8 Å². The van der Waals surface area contributed by atoms with Crippen molar-refractivity contribution in [3.63, 3.8) is 0 Å². The number of fused-ring (bicyclic) bond motifs is 3. The molecule has 0 saturated heterocycles. The van der Waals surface area contributed by atoms with Gasteiger partial charge in [0.1, 0.15) is 18.2 Å². The molecule has 9 nitrogen and oxygen atoms in total. The first-order valence-corrected chi connectivity index (χ1v) is 16.4. The molecule has 12 heteroatoms. The van der Waals surface area contributed by atoms with Crippen LogP contribution in [-0.2, 0) is 29.1 Å². The van der Waals surface area contributed by atoms with Crippen LogP contribution in [0.15, 0.2) is 89.9 Å². The van der Waals surface area contributed by atoms with Crippen LogP contribution in [0.3, 0.4) is 0 Å². The van der Waals surface area contributed by atoms with E-state index < -0.39 is 18.0 Å². The molecule has 0 radical (unpaired) electrons. The molecule has 3 aromatic carbocycles. The van der Waals surface area contributed by atoms with E-state index in [0.717, 1.165) is 38.7 Å². The first-order chi connectivity index (χ1) is 22.4. The largest absolute Gasteiger partial charge is 0.461 e. The van der Waals surface area contributed by atoms with E-state index in [-0.39, 0.29) is 26.0 Å². The van der Waals surface area contributed by atoms with Gasteiger partial charge in [0.15, 0.2) is 11.6 Å². The smallest absolute Gasteiger partial charge is 0.319 e. The molecule has 1 aliphatic heterocycles. The summed E-state index contributed by atoms with van der Waals surface area (Å²) in [6, 6.07) is 24.9. The number of nitrogens with one attached hydrogen (secondary N) is 2. The molecular weight excluding hydrogens is 643 g/mol. The highest BCUT2D eigenvalue weighted by Gasteiger charge is 2.30. The number of thiophene rings is 1. The van der Waals surface area contributed by atoms with Gasteiger partial charge in [-0.25, -0.2) is 4.79 Å². The Morgan fingerprint density at radius 2 is 1.70 bits per heavy atom. The van der Waals surface area contributed by atoms with Crippen LogP contribution in [0.2, 0.25) is 10.0 Å². The van der Waals surface area contributed by atoms with Crippen molar-refractivity contribution < 1.29 is 14.3 Å². The number of hydrogen-bond acceptors (Lipinski definition) is 7. The summed E-state index contributed by atoms with van der Waals surface area (Å²) >= 11 is 14.5. The number of aryl methyl sites for hydroxylation is 1. The van der Waals surface area contributed by atoms with E-state index in [1.807, 2.05) is 59.2 Å². The molecule has 0 aliphatic carbocycles. The lowest BCUT2D eigenvalue weighted by Crippen LogP contribution is -2.34. The molecule has 2 amide bonds. The Hall–Kier alpha value is -4.51. The summed E-state index contributed by atoms with van der Waals surface area (Å²) in [6.07, 6.45) is 1.06. The minimum absolute atomic E-state index is 0.0327. The first kappa shape index (κ1) is 31.5. The number of aliphatic imine (C=N–C) groups is 1. The number of nitrogens with zero attached hydrogens (tertiary/aromatic N) is 4. The van der Waals surface area contributed by atoms with Crippen molar-refractivity contribution in [1.29, 1.82) is 0 Å². The standard InChI is InChI=1S/C34H30Cl2N6O3S/c1-2-22-18-24-31(23-12-6-7-13-25(23)35)37-19-29-40-41-32(42(29)33(24)46-22)28(39-34(44)38-27-15-9-8-14-26(27)36)16-17-30(43)45-20-21-10-4-3-5-11-21/h3-15,18,28H,2,16-17,19-20H2,1H3,(H2,38,39,44)/t28-/m1/s1. The Labute approximate surface area is 280 Å². The minimum atomic E-state index is -0.713. The van der Waals surface area contributed by atoms with Crippen molar-refractivity contribution in [2.24, 2.45) is 4.99 Å². The summed E-state index contributed by atoms with van der Waals surface area (Å²) in [5.74, 6) is 0.682. The Morgan fingerprint density at radius 1 is 0.957 bits per heavy atom. The second kappa shape index (κ2) is 14.3. The number of ether oxygens (including phenoxy) is 1. The van der Waals surface area contributed by atoms with E-state index >= 15 is 0 Å². The van der Waals surface area contributed by atoms with E-state index in [1.165, 1.54) is 0 Å². The second-order valence-corrected chi connectivity index (χ2v) is 12.5. The Bertz CT molecular complexity index is 1910. The van der Waals surface area contributed by atoms with Crippen molar-refractivity contribution in [1.82, 2.24) is 20.1 Å². The molecule has 1 atom stereocenters. The fourth-order valence-corrected chi connectivity index (χ4v) is 6.69. The van der Waals surface area contributed by atoms with Gasteiger partial charge in [0.05, 0.1) is 22.5 Å². The third-order valence-corrected chi connectivity index (χ3v) is 9.38. The maximum Gasteiger partial charge on any atom is 0.319 e. The van der Waals surface area contributed by atoms with Crippen LogP contribution in [-0.4, -0.2) is 32.5 Å². The maximum atomic E-state index is 13.3. The summed E-state index contributed by atoms with van der Waals surface area (Å²) in [4.78, 5) is 32.3. The van der Waals surface area contributed by atoms with Gasteiger partial charge in [0.2, 0.25) is 0 Å². The lowest BCUT2D eigenvalue weighted by atomic mass is 10.0. The number of benzene rings is 3. The molecule has 0 spiro atoms. The average molecular weight is 674 g/mol. The molecule has 234 valence electrons. The fraction of sp³-hybridized carbons (Fsp3) is 0.206. The highest BCUT2D eigenvalue weighted by atomic mass is 35.5. The number of carbonyl (C=O) groups excluding carboxylic acids is 2. The molecule has 2 N–H and O–H groups in total. The molecule has 1 aliphatic rings. The van der Waals surface area contributed by atoms with Gasteiger partial charge in [-0.15, -0.1) is 21.5 Å². The van der Waals surface area contributed by atoms with Gasteiger partial charge < -0.3 is 15.4 Å². The molecule has 0 unspecified atom stereocenters. The maximum absolute atomic E-state index is 13.3. The highest BCUT2D eigenvalue weighted by Crippen LogP contribution is 2.36. The number of urea groups is 1. The third kappa shape index (κ3) is 6.99. The number of hydrogen-bond donors (Lipinski definition) is 2. The summed E-state index contributed by atoms with van der Waals surface area (Å²) in [5.41, 5.74) is 3.82. The number of para-hydroxylation sites is 1. The normalized spacial score (nSPS) is 12.7. The van der Waals surface area contributed by atoms with Gasteiger partial charge >= 0.3 is 12.0 Å². The second-order valence-electron chi connectivity index (χ2n) is 10.6. The Morgan fingerprint density at radius 3 is 2.46 bits per heavy atom. The van der Waals surface area contributed by atoms with Crippen molar-refractivity contribution >= 4 is 57.9 Å². The molecule has 2 aromatic heterocycles. The monoisotopic (exact) mass is 672 g/mol. The SMILES string of the molecule is CCc1cc2c(s1)-n1c(nnc1[C@@H](CCC(=O)OCc1ccccc1)NC(=O)Nc1ccccc1Cl)CN=C2c1ccccc1Cl. The first-order valence-electron chi connectivity index (χ1n) is 14.8. The fourth-order valence-electron chi connectivity index (χ4n) is 5.16. The summed E-state index contributed by atoms with van der Waals surface area (Å²) in [7, 11) is 0. The number of anilines is 1. The summed E-state index contributed by atoms with van der Waals surface area (Å²) < 4.78 is 7.48. The van der Waals surface area contributed by atoms with E-state index in [9.17, 15) is 9.59 Å². The number of halogens is 2. The van der Waals surface area contributed by atoms with Crippen LogP contribution < -0.4 is 10.6 Å². The van der Waals surface area contributed by atoms with Gasteiger partial charge in [-0.1, -0.05) is 90.8 Å². The number of carbonyl (C=O) groups is 2. The summed E-state index contributed by atoms with van der Waals surface area (Å²) in [5, 5.41) is 16.7. The topological polar surface area (TPSA) is 111 Å². The van der Waals surface area contributed by atoms with Crippen LogP contribution in [0.4, 0.5) is 10.5 Å². The molecule has 46 heavy (non-hydrogen) atoms. The summed E-state index contributed by atoms with van der Waals surface area (Å²) in [6.45, 7) is 2.50. The number of esters is 1. The average Bonchev–Trinajstić information content (AvgIpc) is 3.65. The van der Waals surface area contributed by atoms with E-state index in [1.54, 1.807) is 35.6 Å². The zero-order valence-electron chi connectivity index (χ0n) is 24.9. The van der Waals surface area contributed by atoms with Crippen molar-refractivity contribution in [3.05, 3.63) is 128 Å². The highest BCUT2D eigenvalue weighted by molar-refractivity contribution is 7.15. The predicted molar refractivity (Wildman–Crippen MR) is 181 cm³/mol. The molecule has 0 bridgehead atoms. The Kier molecular flexibility index (Phi) is 9.77. The minimum Gasteiger partial charge on any atom is -0.461 e. The molecule has 5 aromatic rings. The van der Waals surface area contributed by atoms with E-state index in [0.29, 0.717) is 27.4 Å². The lowest BCUT2D eigenvalue weighted by Gasteiger charge is -2.20. The number of amides is 2. The van der Waals surface area contributed by atoms with Crippen molar-refractivity contribution in [2.45, 2.75) is 45.4 Å². The third-order valence-electron chi connectivity index (χ3n) is 7.45. The van der Waals surface area contributed by atoms with Crippen LogP contribution in [0.25, 0.3) is 5.00 Å². The van der Waals surface area contributed by atoms with E-state index in [4.69, 9.17) is 32.9 Å². The van der Waals surface area contributed by atoms with Gasteiger partial charge in [0.25, 0.3) is 0 Å². The number of aromatic nitrogens is 3. The Balaban J connectivity index is 1.32. The van der Waals surface area contributed by atoms with Crippen LogP contribution in [0, 0.1) is 0 Å². The quantitative estimate of drug-likeness (QED) is 0.146. The molecule has 0 fully saturated rings. The zero-order chi connectivity index (χ0) is 32.0. The zero-order valence-corrected chi connectivity index (χ0v) is 27.2.